The van der Waals surface area contributed by atoms with Gasteiger partial charge in [-0.15, -0.1) is 0 Å². The maximum atomic E-state index is 8.38. The summed E-state index contributed by atoms with van der Waals surface area (Å²) in [7, 11) is 0. The van der Waals surface area contributed by atoms with E-state index in [9.17, 15) is 0 Å². The Bertz CT molecular complexity index is 538. The molecule has 0 unspecified atom stereocenters. The molecule has 0 aromatic heterocycles. The van der Waals surface area contributed by atoms with Gasteiger partial charge in [0.25, 0.3) is 0 Å². The van der Waals surface area contributed by atoms with Gasteiger partial charge in [-0.25, -0.2) is 0 Å². The minimum Gasteiger partial charge on any atom is -0.493 e. The van der Waals surface area contributed by atoms with Gasteiger partial charge in [-0.1, -0.05) is 35.5 Å². The predicted molar refractivity (Wildman–Crippen MR) is 67.5 cm³/mol. The summed E-state index contributed by atoms with van der Waals surface area (Å²) in [4.78, 5) is 0. The fraction of sp³-hybridized carbons (Fsp3) is 0.154. The molecule has 2 aromatic carbocycles. The van der Waals surface area contributed by atoms with Crippen molar-refractivity contribution in [3.8, 4) is 5.75 Å². The molecule has 2 rings (SSSR count). The number of benzene rings is 2. The van der Waals surface area contributed by atoms with E-state index in [0.717, 1.165) is 11.1 Å². The summed E-state index contributed by atoms with van der Waals surface area (Å²) >= 11 is 0. The molecule has 0 atom stereocenters. The topological polar surface area (TPSA) is 67.8 Å². The van der Waals surface area contributed by atoms with E-state index in [-0.39, 0.29) is 5.84 Å². The number of ether oxygens (including phenoxy) is 1. The molecule has 4 heteroatoms. The summed E-state index contributed by atoms with van der Waals surface area (Å²) in [5.74, 6) is 0.959. The molecule has 0 saturated heterocycles. The zero-order valence-corrected chi connectivity index (χ0v) is 9.34. The Labute approximate surface area is 99.3 Å². The van der Waals surface area contributed by atoms with E-state index in [4.69, 9.17) is 15.7 Å². The summed E-state index contributed by atoms with van der Waals surface area (Å²) in [6, 6.07) is 14.0. The first-order valence-electron chi connectivity index (χ1n) is 5.37. The smallest absolute Gasteiger partial charge is 0.142 e. The van der Waals surface area contributed by atoms with Gasteiger partial charge in [-0.05, 0) is 22.9 Å². The maximum absolute atomic E-state index is 8.38. The van der Waals surface area contributed by atoms with E-state index in [2.05, 4.69) is 11.2 Å². The van der Waals surface area contributed by atoms with Crippen LogP contribution < -0.4 is 10.5 Å². The molecule has 4 nitrogen and oxygen atoms in total. The fourth-order valence-electron chi connectivity index (χ4n) is 1.58. The van der Waals surface area contributed by atoms with Crippen molar-refractivity contribution in [1.82, 2.24) is 0 Å². The van der Waals surface area contributed by atoms with Crippen LogP contribution in [-0.2, 0) is 0 Å². The minimum absolute atomic E-state index is 0.172. The largest absolute Gasteiger partial charge is 0.493 e. The number of hydrogen-bond donors (Lipinski definition) is 2. The molecular weight excluding hydrogens is 216 g/mol. The first kappa shape index (κ1) is 11.3. The van der Waals surface area contributed by atoms with Crippen LogP contribution in [0.4, 0.5) is 0 Å². The maximum Gasteiger partial charge on any atom is 0.142 e. The van der Waals surface area contributed by atoms with Crippen molar-refractivity contribution in [3.05, 3.63) is 42.5 Å². The SMILES string of the molecule is N/C(CCOc1ccc2ccccc2c1)=N\O. The zero-order chi connectivity index (χ0) is 12.1. The highest BCUT2D eigenvalue weighted by Gasteiger charge is 1.98. The molecule has 0 saturated carbocycles. The molecule has 3 N–H and O–H groups in total. The van der Waals surface area contributed by atoms with E-state index in [1.807, 2.05) is 36.4 Å². The van der Waals surface area contributed by atoms with Gasteiger partial charge in [0, 0.05) is 6.42 Å². The molecule has 0 spiro atoms. The van der Waals surface area contributed by atoms with Gasteiger partial charge in [0.15, 0.2) is 0 Å². The van der Waals surface area contributed by atoms with Crippen molar-refractivity contribution in [1.29, 1.82) is 0 Å². The Kier molecular flexibility index (Phi) is 3.45. The van der Waals surface area contributed by atoms with Crippen molar-refractivity contribution in [3.63, 3.8) is 0 Å². The molecule has 0 aliphatic rings. The number of amidine groups is 1. The van der Waals surface area contributed by atoms with Gasteiger partial charge in [0.2, 0.25) is 0 Å². The molecule has 0 aliphatic heterocycles. The number of fused-ring (bicyclic) bond motifs is 1. The first-order valence-corrected chi connectivity index (χ1v) is 5.37. The lowest BCUT2D eigenvalue weighted by atomic mass is 10.1. The summed E-state index contributed by atoms with van der Waals surface area (Å²) in [6.45, 7) is 0.397. The molecule has 0 heterocycles. The number of oxime groups is 1. The van der Waals surface area contributed by atoms with Crippen LogP contribution in [0.5, 0.6) is 5.75 Å². The van der Waals surface area contributed by atoms with Crippen LogP contribution in [0.3, 0.4) is 0 Å². The Balaban J connectivity index is 2.04. The molecule has 0 bridgehead atoms. The van der Waals surface area contributed by atoms with Crippen molar-refractivity contribution in [2.75, 3.05) is 6.61 Å². The van der Waals surface area contributed by atoms with Crippen LogP contribution in [0.25, 0.3) is 10.8 Å². The molecule has 88 valence electrons. The number of nitrogens with zero attached hydrogens (tertiary/aromatic N) is 1. The summed E-state index contributed by atoms with van der Waals surface area (Å²) in [5.41, 5.74) is 5.35. The molecule has 0 fully saturated rings. The Morgan fingerprint density at radius 3 is 2.71 bits per heavy atom. The van der Waals surface area contributed by atoms with E-state index >= 15 is 0 Å². The Morgan fingerprint density at radius 2 is 1.94 bits per heavy atom. The second-order valence-electron chi connectivity index (χ2n) is 3.70. The highest BCUT2D eigenvalue weighted by atomic mass is 16.5. The molecule has 0 radical (unpaired) electrons. The molecule has 0 amide bonds. The quantitative estimate of drug-likeness (QED) is 0.366. The van der Waals surface area contributed by atoms with Gasteiger partial charge in [0.05, 0.1) is 6.61 Å². The molecule has 0 aliphatic carbocycles. The minimum atomic E-state index is 0.172. The monoisotopic (exact) mass is 230 g/mol. The zero-order valence-electron chi connectivity index (χ0n) is 9.34. The second-order valence-corrected chi connectivity index (χ2v) is 3.70. The lowest BCUT2D eigenvalue weighted by molar-refractivity contribution is 0.306. The lowest BCUT2D eigenvalue weighted by Gasteiger charge is -2.06. The van der Waals surface area contributed by atoms with Gasteiger partial charge in [0.1, 0.15) is 11.6 Å². The van der Waals surface area contributed by atoms with E-state index < -0.39 is 0 Å². The van der Waals surface area contributed by atoms with E-state index in [0.29, 0.717) is 13.0 Å². The van der Waals surface area contributed by atoms with E-state index in [1.54, 1.807) is 0 Å². The van der Waals surface area contributed by atoms with Crippen molar-refractivity contribution in [2.45, 2.75) is 6.42 Å². The van der Waals surface area contributed by atoms with Gasteiger partial charge in [-0.3, -0.25) is 0 Å². The third kappa shape index (κ3) is 2.87. The first-order chi connectivity index (χ1) is 8.29. The normalized spacial score (nSPS) is 11.6. The lowest BCUT2D eigenvalue weighted by Crippen LogP contribution is -2.15. The Hall–Kier alpha value is -2.23. The molecule has 17 heavy (non-hydrogen) atoms. The highest BCUT2D eigenvalue weighted by molar-refractivity contribution is 5.83. The fourth-order valence-corrected chi connectivity index (χ4v) is 1.58. The number of nitrogens with two attached hydrogens (primary N) is 1. The van der Waals surface area contributed by atoms with Crippen LogP contribution in [0.2, 0.25) is 0 Å². The second kappa shape index (κ2) is 5.21. The van der Waals surface area contributed by atoms with Crippen LogP contribution in [0.15, 0.2) is 47.6 Å². The molecular formula is C13H14N2O2. The van der Waals surface area contributed by atoms with Crippen LogP contribution in [0.1, 0.15) is 6.42 Å². The van der Waals surface area contributed by atoms with Crippen LogP contribution in [0, 0.1) is 0 Å². The van der Waals surface area contributed by atoms with Crippen molar-refractivity contribution >= 4 is 16.6 Å². The van der Waals surface area contributed by atoms with Crippen LogP contribution in [-0.4, -0.2) is 17.6 Å². The van der Waals surface area contributed by atoms with Crippen molar-refractivity contribution < 1.29 is 9.94 Å². The number of rotatable bonds is 4. The summed E-state index contributed by atoms with van der Waals surface area (Å²) in [5, 5.41) is 13.6. The third-order valence-corrected chi connectivity index (χ3v) is 2.48. The average Bonchev–Trinajstić information content (AvgIpc) is 2.38. The van der Waals surface area contributed by atoms with Crippen LogP contribution >= 0.6 is 0 Å². The molecule has 2 aromatic rings. The predicted octanol–water partition coefficient (Wildman–Crippen LogP) is 2.36. The third-order valence-electron chi connectivity index (χ3n) is 2.48. The van der Waals surface area contributed by atoms with E-state index in [1.165, 1.54) is 5.39 Å². The Morgan fingerprint density at radius 1 is 1.18 bits per heavy atom. The van der Waals surface area contributed by atoms with Gasteiger partial charge < -0.3 is 15.7 Å². The van der Waals surface area contributed by atoms with Crippen molar-refractivity contribution in [2.24, 2.45) is 10.9 Å². The average molecular weight is 230 g/mol. The van der Waals surface area contributed by atoms with Gasteiger partial charge in [-0.2, -0.15) is 0 Å². The summed E-state index contributed by atoms with van der Waals surface area (Å²) < 4.78 is 5.51. The van der Waals surface area contributed by atoms with Gasteiger partial charge >= 0.3 is 0 Å². The number of hydrogen-bond acceptors (Lipinski definition) is 3. The highest BCUT2D eigenvalue weighted by Crippen LogP contribution is 2.20. The standard InChI is InChI=1S/C13H14N2O2/c14-13(15-16)7-8-17-12-6-5-10-3-1-2-4-11(10)9-12/h1-6,9,16H,7-8H2,(H2,14,15). The summed E-state index contributed by atoms with van der Waals surface area (Å²) in [6.07, 6.45) is 0.406.